The van der Waals surface area contributed by atoms with Crippen LogP contribution in [-0.4, -0.2) is 26.9 Å². The monoisotopic (exact) mass is 381 g/mol. The highest BCUT2D eigenvalue weighted by molar-refractivity contribution is 5.98. The molecule has 0 fully saturated rings. The van der Waals surface area contributed by atoms with Gasteiger partial charge in [-0.3, -0.25) is 14.2 Å². The van der Waals surface area contributed by atoms with Crippen molar-refractivity contribution in [2.45, 2.75) is 13.0 Å². The van der Waals surface area contributed by atoms with Gasteiger partial charge in [0.1, 0.15) is 5.82 Å². The zero-order chi connectivity index (χ0) is 19.8. The Morgan fingerprint density at radius 3 is 2.41 bits per heavy atom. The number of para-hydroxylation sites is 2. The molecular formula is C24H19N3O2. The molecular weight excluding hydrogens is 362 g/mol. The van der Waals surface area contributed by atoms with Crippen molar-refractivity contribution in [3.05, 3.63) is 106 Å². The number of hydrogen-bond acceptors (Lipinski definition) is 3. The summed E-state index contributed by atoms with van der Waals surface area (Å²) in [6.07, 6.45) is 0.743. The van der Waals surface area contributed by atoms with E-state index >= 15 is 0 Å². The molecule has 0 spiro atoms. The summed E-state index contributed by atoms with van der Waals surface area (Å²) in [6.45, 7) is 0.848. The molecule has 2 heterocycles. The van der Waals surface area contributed by atoms with Crippen LogP contribution < -0.4 is 5.56 Å². The predicted molar refractivity (Wildman–Crippen MR) is 112 cm³/mol. The molecule has 0 aliphatic carbocycles. The number of aromatic nitrogens is 2. The van der Waals surface area contributed by atoms with E-state index in [9.17, 15) is 9.59 Å². The van der Waals surface area contributed by atoms with Gasteiger partial charge in [0.15, 0.2) is 0 Å². The highest BCUT2D eigenvalue weighted by Gasteiger charge is 2.27. The van der Waals surface area contributed by atoms with Gasteiger partial charge in [0.05, 0.1) is 28.7 Å². The van der Waals surface area contributed by atoms with Gasteiger partial charge in [-0.25, -0.2) is 4.98 Å². The number of nitrogens with zero attached hydrogens (tertiary/aromatic N) is 3. The van der Waals surface area contributed by atoms with E-state index in [-0.39, 0.29) is 11.5 Å². The zero-order valence-electron chi connectivity index (χ0n) is 15.8. The van der Waals surface area contributed by atoms with Gasteiger partial charge >= 0.3 is 0 Å². The summed E-state index contributed by atoms with van der Waals surface area (Å²) in [5, 5.41) is 0.552. The topological polar surface area (TPSA) is 55.2 Å². The normalized spacial score (nSPS) is 13.1. The number of rotatable bonds is 3. The van der Waals surface area contributed by atoms with Crippen molar-refractivity contribution in [1.29, 1.82) is 0 Å². The molecule has 5 heteroatoms. The number of fused-ring (bicyclic) bond motifs is 4. The van der Waals surface area contributed by atoms with E-state index in [4.69, 9.17) is 4.98 Å². The van der Waals surface area contributed by atoms with Gasteiger partial charge in [-0.1, -0.05) is 54.6 Å². The van der Waals surface area contributed by atoms with Crippen LogP contribution in [0.5, 0.6) is 0 Å². The maximum absolute atomic E-state index is 13.3. The van der Waals surface area contributed by atoms with Crippen molar-refractivity contribution in [3.8, 4) is 5.69 Å². The first kappa shape index (κ1) is 17.4. The third-order valence-electron chi connectivity index (χ3n) is 5.35. The van der Waals surface area contributed by atoms with Crippen LogP contribution in [0.3, 0.4) is 0 Å². The van der Waals surface area contributed by atoms with Crippen molar-refractivity contribution in [3.63, 3.8) is 0 Å². The fraction of sp³-hybridized carbons (Fsp3) is 0.125. The SMILES string of the molecule is O=C1c2ccccc2-n2c(nc3ccccc3c2=O)CN1CCc1ccccc1. The molecule has 1 amide bonds. The smallest absolute Gasteiger partial charge is 0.266 e. The maximum Gasteiger partial charge on any atom is 0.266 e. The fourth-order valence-electron chi connectivity index (χ4n) is 3.88. The summed E-state index contributed by atoms with van der Waals surface area (Å²) in [5.74, 6) is 0.505. The molecule has 4 aromatic rings. The number of amides is 1. The third kappa shape index (κ3) is 3.01. The molecule has 29 heavy (non-hydrogen) atoms. The van der Waals surface area contributed by atoms with Crippen molar-refractivity contribution in [2.75, 3.05) is 6.54 Å². The Hall–Kier alpha value is -3.73. The lowest BCUT2D eigenvalue weighted by atomic mass is 10.1. The number of benzene rings is 3. The Morgan fingerprint density at radius 1 is 0.828 bits per heavy atom. The first-order valence-electron chi connectivity index (χ1n) is 9.65. The predicted octanol–water partition coefficient (Wildman–Crippen LogP) is 3.58. The second-order valence-corrected chi connectivity index (χ2v) is 7.17. The molecule has 0 N–H and O–H groups in total. The minimum atomic E-state index is -0.143. The molecule has 1 aromatic heterocycles. The van der Waals surface area contributed by atoms with Gasteiger partial charge in [0.25, 0.3) is 11.5 Å². The highest BCUT2D eigenvalue weighted by atomic mass is 16.2. The van der Waals surface area contributed by atoms with Crippen LogP contribution in [0.15, 0.2) is 83.7 Å². The molecule has 5 rings (SSSR count). The van der Waals surface area contributed by atoms with Crippen LogP contribution in [0.2, 0.25) is 0 Å². The van der Waals surface area contributed by atoms with E-state index in [1.807, 2.05) is 54.6 Å². The van der Waals surface area contributed by atoms with Gasteiger partial charge in [-0.2, -0.15) is 0 Å². The molecule has 5 nitrogen and oxygen atoms in total. The van der Waals surface area contributed by atoms with E-state index < -0.39 is 0 Å². The van der Waals surface area contributed by atoms with Crippen LogP contribution in [0.4, 0.5) is 0 Å². The Bertz CT molecular complexity index is 1280. The molecule has 1 aliphatic rings. The van der Waals surface area contributed by atoms with Gasteiger partial charge in [-0.15, -0.1) is 0 Å². The van der Waals surface area contributed by atoms with Crippen molar-refractivity contribution in [2.24, 2.45) is 0 Å². The van der Waals surface area contributed by atoms with Gasteiger partial charge in [0, 0.05) is 6.54 Å². The summed E-state index contributed by atoms with van der Waals surface area (Å²) in [5.41, 5.74) is 2.80. The number of carbonyl (C=O) groups excluding carboxylic acids is 1. The van der Waals surface area contributed by atoms with Crippen LogP contribution >= 0.6 is 0 Å². The summed E-state index contributed by atoms with van der Waals surface area (Å²) in [4.78, 5) is 33.1. The number of carbonyl (C=O) groups is 1. The minimum Gasteiger partial charge on any atom is -0.331 e. The zero-order valence-corrected chi connectivity index (χ0v) is 15.8. The standard InChI is InChI=1S/C24H19N3O2/c28-23-19-11-5-7-13-21(19)27-22(25-20-12-6-4-10-18(20)24(27)29)16-26(23)15-14-17-8-2-1-3-9-17/h1-13H,14-16H2. The van der Waals surface area contributed by atoms with E-state index in [1.54, 1.807) is 21.6 Å². The van der Waals surface area contributed by atoms with Crippen LogP contribution in [0.25, 0.3) is 16.6 Å². The van der Waals surface area contributed by atoms with Gasteiger partial charge in [-0.05, 0) is 36.2 Å². The molecule has 142 valence electrons. The van der Waals surface area contributed by atoms with Crippen molar-refractivity contribution >= 4 is 16.8 Å². The molecule has 0 unspecified atom stereocenters. The van der Waals surface area contributed by atoms with Crippen molar-refractivity contribution < 1.29 is 4.79 Å². The van der Waals surface area contributed by atoms with E-state index in [2.05, 4.69) is 12.1 Å². The lowest BCUT2D eigenvalue weighted by Gasteiger charge is -2.20. The Morgan fingerprint density at radius 2 is 1.55 bits per heavy atom. The first-order chi connectivity index (χ1) is 14.2. The second-order valence-electron chi connectivity index (χ2n) is 7.17. The molecule has 0 saturated heterocycles. The first-order valence-corrected chi connectivity index (χ1v) is 9.65. The van der Waals surface area contributed by atoms with E-state index in [0.29, 0.717) is 41.1 Å². The van der Waals surface area contributed by atoms with E-state index in [1.165, 1.54) is 5.56 Å². The van der Waals surface area contributed by atoms with E-state index in [0.717, 1.165) is 6.42 Å². The van der Waals surface area contributed by atoms with Crippen LogP contribution in [0, 0.1) is 0 Å². The molecule has 3 aromatic carbocycles. The van der Waals surface area contributed by atoms with Gasteiger partial charge in [0.2, 0.25) is 0 Å². The Balaban J connectivity index is 1.65. The molecule has 0 bridgehead atoms. The minimum absolute atomic E-state index is 0.0783. The summed E-state index contributed by atoms with van der Waals surface area (Å²) < 4.78 is 1.60. The third-order valence-corrected chi connectivity index (χ3v) is 5.35. The van der Waals surface area contributed by atoms with Crippen molar-refractivity contribution in [1.82, 2.24) is 14.5 Å². The quantitative estimate of drug-likeness (QED) is 0.545. The summed E-state index contributed by atoms with van der Waals surface area (Å²) in [7, 11) is 0. The Kier molecular flexibility index (Phi) is 4.21. The highest BCUT2D eigenvalue weighted by Crippen LogP contribution is 2.23. The largest absolute Gasteiger partial charge is 0.331 e. The fourth-order valence-corrected chi connectivity index (χ4v) is 3.88. The maximum atomic E-state index is 13.3. The van der Waals surface area contributed by atoms with Gasteiger partial charge < -0.3 is 4.90 Å². The molecule has 0 saturated carbocycles. The second kappa shape index (κ2) is 7.02. The average Bonchev–Trinajstić information content (AvgIpc) is 2.88. The van der Waals surface area contributed by atoms with Crippen LogP contribution in [0.1, 0.15) is 21.7 Å². The summed E-state index contributed by atoms with van der Waals surface area (Å²) >= 11 is 0. The molecule has 1 aliphatic heterocycles. The Labute approximate surface area is 167 Å². The average molecular weight is 381 g/mol. The number of hydrogen-bond donors (Lipinski definition) is 0. The molecule has 0 radical (unpaired) electrons. The lowest BCUT2D eigenvalue weighted by Crippen LogP contribution is -2.32. The summed E-state index contributed by atoms with van der Waals surface area (Å²) in [6, 6.07) is 24.7. The van der Waals surface area contributed by atoms with Crippen LogP contribution in [-0.2, 0) is 13.0 Å². The lowest BCUT2D eigenvalue weighted by molar-refractivity contribution is 0.0746. The molecule has 0 atom stereocenters.